The lowest BCUT2D eigenvalue weighted by Gasteiger charge is -2.26. The van der Waals surface area contributed by atoms with Gasteiger partial charge in [-0.3, -0.25) is 0 Å². The van der Waals surface area contributed by atoms with Gasteiger partial charge in [0.1, 0.15) is 11.6 Å². The maximum Gasteiger partial charge on any atom is 0.453 e. The van der Waals surface area contributed by atoms with Gasteiger partial charge in [0.2, 0.25) is 0 Å². The number of fused-ring (bicyclic) bond motifs is 1. The van der Waals surface area contributed by atoms with Gasteiger partial charge in [-0.15, -0.1) is 15.3 Å². The Bertz CT molecular complexity index is 876. The molecule has 0 bridgehead atoms. The monoisotopic (exact) mass is 351 g/mol. The van der Waals surface area contributed by atoms with Crippen molar-refractivity contribution in [2.75, 3.05) is 19.1 Å². The van der Waals surface area contributed by atoms with Gasteiger partial charge in [0.15, 0.2) is 5.65 Å². The predicted octanol–water partition coefficient (Wildman–Crippen LogP) is 3.35. The summed E-state index contributed by atoms with van der Waals surface area (Å²) < 4.78 is 44.8. The molecular weight excluding hydrogens is 335 g/mol. The summed E-state index contributed by atoms with van der Waals surface area (Å²) in [4.78, 5) is 1.78. The lowest BCUT2D eigenvalue weighted by molar-refractivity contribution is -0.146. The largest absolute Gasteiger partial charge is 0.497 e. The van der Waals surface area contributed by atoms with Gasteiger partial charge < -0.3 is 9.64 Å². The first-order chi connectivity index (χ1) is 11.8. The van der Waals surface area contributed by atoms with E-state index < -0.39 is 12.0 Å². The molecule has 3 rings (SSSR count). The van der Waals surface area contributed by atoms with Crippen molar-refractivity contribution in [2.45, 2.75) is 19.1 Å². The van der Waals surface area contributed by atoms with Crippen molar-refractivity contribution in [3.63, 3.8) is 0 Å². The molecule has 0 aliphatic carbocycles. The quantitative estimate of drug-likeness (QED) is 0.722. The van der Waals surface area contributed by atoms with Crippen molar-refractivity contribution in [1.29, 1.82) is 0 Å². The molecule has 1 atom stereocenters. The van der Waals surface area contributed by atoms with Gasteiger partial charge in [0.05, 0.1) is 13.2 Å². The maximum absolute atomic E-state index is 13.0. The van der Waals surface area contributed by atoms with E-state index in [1.165, 1.54) is 6.07 Å². The number of aromatic nitrogens is 4. The number of hydrogen-bond acceptors (Lipinski definition) is 5. The molecule has 0 radical (unpaired) electrons. The number of methoxy groups -OCH3 is 1. The van der Waals surface area contributed by atoms with E-state index in [0.29, 0.717) is 10.3 Å². The minimum absolute atomic E-state index is 0.0431. The topological polar surface area (TPSA) is 55.5 Å². The van der Waals surface area contributed by atoms with Gasteiger partial charge in [0, 0.05) is 7.05 Å². The Morgan fingerprint density at radius 1 is 1.08 bits per heavy atom. The van der Waals surface area contributed by atoms with E-state index in [0.717, 1.165) is 11.3 Å². The van der Waals surface area contributed by atoms with Crippen molar-refractivity contribution in [3.8, 4) is 5.75 Å². The maximum atomic E-state index is 13.0. The lowest BCUT2D eigenvalue weighted by atomic mass is 10.1. The molecule has 25 heavy (non-hydrogen) atoms. The summed E-state index contributed by atoms with van der Waals surface area (Å²) in [5.41, 5.74) is 1.02. The van der Waals surface area contributed by atoms with Gasteiger partial charge in [-0.1, -0.05) is 12.1 Å². The van der Waals surface area contributed by atoms with E-state index in [-0.39, 0.29) is 11.7 Å². The molecule has 0 fully saturated rings. The van der Waals surface area contributed by atoms with Gasteiger partial charge in [-0.05, 0) is 36.8 Å². The van der Waals surface area contributed by atoms with Crippen LogP contribution in [-0.2, 0) is 6.18 Å². The lowest BCUT2D eigenvalue weighted by Crippen LogP contribution is -2.24. The normalized spacial score (nSPS) is 13.0. The molecule has 1 aromatic carbocycles. The fourth-order valence-electron chi connectivity index (χ4n) is 2.45. The highest BCUT2D eigenvalue weighted by atomic mass is 19.4. The molecule has 6 nitrogen and oxygen atoms in total. The molecule has 0 unspecified atom stereocenters. The van der Waals surface area contributed by atoms with E-state index in [4.69, 9.17) is 4.74 Å². The summed E-state index contributed by atoms with van der Waals surface area (Å²) in [5.74, 6) is -0.0339. The third-order valence-corrected chi connectivity index (χ3v) is 4.04. The van der Waals surface area contributed by atoms with Crippen LogP contribution in [0.25, 0.3) is 5.65 Å². The van der Waals surface area contributed by atoms with Crippen LogP contribution >= 0.6 is 0 Å². The summed E-state index contributed by atoms with van der Waals surface area (Å²) >= 11 is 0. The molecule has 9 heteroatoms. The van der Waals surface area contributed by atoms with Crippen molar-refractivity contribution in [3.05, 3.63) is 47.8 Å². The highest BCUT2D eigenvalue weighted by molar-refractivity contribution is 5.47. The average molecular weight is 351 g/mol. The minimum atomic E-state index is -4.62. The van der Waals surface area contributed by atoms with Crippen LogP contribution in [0.2, 0.25) is 0 Å². The Morgan fingerprint density at radius 2 is 1.76 bits per heavy atom. The molecule has 2 heterocycles. The Labute approximate surface area is 141 Å². The summed E-state index contributed by atoms with van der Waals surface area (Å²) in [7, 11) is 3.35. The number of halogens is 3. The summed E-state index contributed by atoms with van der Waals surface area (Å²) in [6.07, 6.45) is -4.62. The second kappa shape index (κ2) is 6.23. The number of nitrogens with zero attached hydrogens (tertiary/aromatic N) is 5. The SMILES string of the molecule is COc1ccc([C@@H](C)N(C)c2ccc3nnc(C(F)(F)F)n3n2)cc1. The zero-order chi connectivity index (χ0) is 18.2. The van der Waals surface area contributed by atoms with Crippen LogP contribution in [-0.4, -0.2) is 34.0 Å². The summed E-state index contributed by atoms with van der Waals surface area (Å²) in [6.45, 7) is 1.94. The highest BCUT2D eigenvalue weighted by Gasteiger charge is 2.37. The smallest absolute Gasteiger partial charge is 0.453 e. The summed E-state index contributed by atoms with van der Waals surface area (Å²) in [5, 5.41) is 10.7. The molecule has 0 saturated heterocycles. The molecule has 3 aromatic rings. The van der Waals surface area contributed by atoms with E-state index in [9.17, 15) is 13.2 Å². The van der Waals surface area contributed by atoms with Gasteiger partial charge in [0.25, 0.3) is 5.82 Å². The first kappa shape index (κ1) is 17.0. The fourth-order valence-corrected chi connectivity index (χ4v) is 2.45. The van der Waals surface area contributed by atoms with Crippen LogP contribution in [0.15, 0.2) is 36.4 Å². The molecule has 0 aliphatic rings. The molecule has 0 amide bonds. The first-order valence-electron chi connectivity index (χ1n) is 7.47. The number of ether oxygens (including phenoxy) is 1. The van der Waals surface area contributed by atoms with Crippen LogP contribution in [0.4, 0.5) is 19.0 Å². The molecule has 0 N–H and O–H groups in total. The number of alkyl halides is 3. The van der Waals surface area contributed by atoms with Crippen molar-refractivity contribution in [1.82, 2.24) is 19.8 Å². The fraction of sp³-hybridized carbons (Fsp3) is 0.312. The van der Waals surface area contributed by atoms with Crippen LogP contribution < -0.4 is 9.64 Å². The first-order valence-corrected chi connectivity index (χ1v) is 7.47. The molecule has 132 valence electrons. The standard InChI is InChI=1S/C16H16F3N5O/c1-10(11-4-6-12(25-3)7-5-11)23(2)14-9-8-13-20-21-15(16(17,18)19)24(13)22-14/h4-10H,1-3H3/t10-/m1/s1. The zero-order valence-corrected chi connectivity index (χ0v) is 13.8. The number of anilines is 1. The minimum Gasteiger partial charge on any atom is -0.497 e. The number of rotatable bonds is 4. The Hall–Kier alpha value is -2.84. The van der Waals surface area contributed by atoms with Gasteiger partial charge in [-0.25, -0.2) is 0 Å². The molecule has 0 aliphatic heterocycles. The van der Waals surface area contributed by atoms with E-state index in [1.54, 1.807) is 25.1 Å². The van der Waals surface area contributed by atoms with Crippen LogP contribution in [0.1, 0.15) is 24.4 Å². The molecule has 0 spiro atoms. The molecule has 2 aromatic heterocycles. The highest BCUT2D eigenvalue weighted by Crippen LogP contribution is 2.29. The van der Waals surface area contributed by atoms with Crippen LogP contribution in [0.3, 0.4) is 0 Å². The Balaban J connectivity index is 1.94. The predicted molar refractivity (Wildman–Crippen MR) is 85.6 cm³/mol. The van der Waals surface area contributed by atoms with Gasteiger partial charge >= 0.3 is 6.18 Å². The molecular formula is C16H16F3N5O. The number of benzene rings is 1. The van der Waals surface area contributed by atoms with Crippen molar-refractivity contribution in [2.24, 2.45) is 0 Å². The van der Waals surface area contributed by atoms with Crippen LogP contribution in [0, 0.1) is 0 Å². The second-order valence-corrected chi connectivity index (χ2v) is 5.54. The third kappa shape index (κ3) is 3.21. The van der Waals surface area contributed by atoms with Crippen LogP contribution in [0.5, 0.6) is 5.75 Å². The second-order valence-electron chi connectivity index (χ2n) is 5.54. The molecule has 0 saturated carbocycles. The Morgan fingerprint density at radius 3 is 2.36 bits per heavy atom. The Kier molecular flexibility index (Phi) is 4.23. The zero-order valence-electron chi connectivity index (χ0n) is 13.8. The van der Waals surface area contributed by atoms with E-state index in [1.807, 2.05) is 31.2 Å². The average Bonchev–Trinajstić information content (AvgIpc) is 3.04. The van der Waals surface area contributed by atoms with Gasteiger partial charge in [-0.2, -0.15) is 17.7 Å². The van der Waals surface area contributed by atoms with E-state index in [2.05, 4.69) is 15.3 Å². The number of hydrogen-bond donors (Lipinski definition) is 0. The summed E-state index contributed by atoms with van der Waals surface area (Å²) in [6, 6.07) is 10.4. The van der Waals surface area contributed by atoms with Crippen molar-refractivity contribution < 1.29 is 17.9 Å². The van der Waals surface area contributed by atoms with E-state index >= 15 is 0 Å². The third-order valence-electron chi connectivity index (χ3n) is 4.04. The van der Waals surface area contributed by atoms with Crippen molar-refractivity contribution >= 4 is 11.5 Å².